The van der Waals surface area contributed by atoms with Gasteiger partial charge in [0.15, 0.2) is 0 Å². The summed E-state index contributed by atoms with van der Waals surface area (Å²) < 4.78 is 0. The monoisotopic (exact) mass is 247 g/mol. The highest BCUT2D eigenvalue weighted by molar-refractivity contribution is 5.74. The van der Waals surface area contributed by atoms with Gasteiger partial charge in [-0.25, -0.2) is 4.79 Å². The SMILES string of the molecule is C[C@H](CCO)NC(=O)NCc1cccc(C#N)c1. The van der Waals surface area contributed by atoms with Crippen molar-refractivity contribution in [3.05, 3.63) is 35.4 Å². The maximum Gasteiger partial charge on any atom is 0.315 e. The van der Waals surface area contributed by atoms with Gasteiger partial charge in [0.25, 0.3) is 0 Å². The van der Waals surface area contributed by atoms with Gasteiger partial charge in [-0.3, -0.25) is 0 Å². The quantitative estimate of drug-likeness (QED) is 0.729. The van der Waals surface area contributed by atoms with Crippen LogP contribution in [0.1, 0.15) is 24.5 Å². The molecule has 0 aliphatic carbocycles. The Kier molecular flexibility index (Phi) is 5.68. The molecule has 0 spiro atoms. The minimum Gasteiger partial charge on any atom is -0.396 e. The molecule has 0 saturated heterocycles. The molecule has 18 heavy (non-hydrogen) atoms. The third-order valence-corrected chi connectivity index (χ3v) is 2.45. The Hall–Kier alpha value is -2.06. The van der Waals surface area contributed by atoms with Crippen LogP contribution in [0.5, 0.6) is 0 Å². The molecule has 0 aliphatic heterocycles. The summed E-state index contributed by atoms with van der Waals surface area (Å²) in [5.41, 5.74) is 1.45. The fourth-order valence-electron chi connectivity index (χ4n) is 1.47. The van der Waals surface area contributed by atoms with Crippen molar-refractivity contribution in [2.45, 2.75) is 25.9 Å². The van der Waals surface area contributed by atoms with E-state index in [9.17, 15) is 4.79 Å². The van der Waals surface area contributed by atoms with Crippen molar-refractivity contribution in [2.75, 3.05) is 6.61 Å². The molecule has 5 nitrogen and oxygen atoms in total. The van der Waals surface area contributed by atoms with Crippen molar-refractivity contribution in [1.29, 1.82) is 5.26 Å². The molecule has 1 rings (SSSR count). The van der Waals surface area contributed by atoms with Gasteiger partial charge in [0.2, 0.25) is 0 Å². The van der Waals surface area contributed by atoms with Crippen molar-refractivity contribution in [2.24, 2.45) is 0 Å². The minimum atomic E-state index is -0.279. The van der Waals surface area contributed by atoms with E-state index in [0.29, 0.717) is 18.5 Å². The van der Waals surface area contributed by atoms with Gasteiger partial charge in [0.1, 0.15) is 0 Å². The van der Waals surface area contributed by atoms with Gasteiger partial charge in [0, 0.05) is 19.2 Å². The van der Waals surface area contributed by atoms with Crippen molar-refractivity contribution in [3.8, 4) is 6.07 Å². The van der Waals surface area contributed by atoms with Crippen LogP contribution in [0.2, 0.25) is 0 Å². The highest BCUT2D eigenvalue weighted by Gasteiger charge is 2.05. The largest absolute Gasteiger partial charge is 0.396 e. The zero-order valence-corrected chi connectivity index (χ0v) is 10.3. The fraction of sp³-hybridized carbons (Fsp3) is 0.385. The summed E-state index contributed by atoms with van der Waals surface area (Å²) in [6, 6.07) is 8.77. The Morgan fingerprint density at radius 1 is 1.56 bits per heavy atom. The van der Waals surface area contributed by atoms with Gasteiger partial charge in [0.05, 0.1) is 11.6 Å². The van der Waals surface area contributed by atoms with E-state index in [1.807, 2.05) is 19.1 Å². The maximum atomic E-state index is 11.5. The van der Waals surface area contributed by atoms with E-state index in [1.165, 1.54) is 0 Å². The van der Waals surface area contributed by atoms with Gasteiger partial charge in [-0.2, -0.15) is 5.26 Å². The first kappa shape index (κ1) is 14.0. The zero-order valence-electron chi connectivity index (χ0n) is 10.3. The van der Waals surface area contributed by atoms with E-state index >= 15 is 0 Å². The van der Waals surface area contributed by atoms with Crippen LogP contribution in [0.4, 0.5) is 4.79 Å². The number of hydrogen-bond donors (Lipinski definition) is 3. The van der Waals surface area contributed by atoms with Gasteiger partial charge < -0.3 is 15.7 Å². The lowest BCUT2D eigenvalue weighted by molar-refractivity contribution is 0.230. The van der Waals surface area contributed by atoms with Crippen molar-refractivity contribution in [1.82, 2.24) is 10.6 Å². The van der Waals surface area contributed by atoms with Crippen LogP contribution in [0.25, 0.3) is 0 Å². The average Bonchev–Trinajstić information content (AvgIpc) is 2.37. The summed E-state index contributed by atoms with van der Waals surface area (Å²) in [6.45, 7) is 2.24. The number of aliphatic hydroxyl groups excluding tert-OH is 1. The number of amides is 2. The summed E-state index contributed by atoms with van der Waals surface area (Å²) in [4.78, 5) is 11.5. The molecule has 2 amide bonds. The third-order valence-electron chi connectivity index (χ3n) is 2.45. The second-order valence-corrected chi connectivity index (χ2v) is 4.05. The lowest BCUT2D eigenvalue weighted by Crippen LogP contribution is -2.40. The number of nitrogens with one attached hydrogen (secondary N) is 2. The van der Waals surface area contributed by atoms with E-state index in [0.717, 1.165) is 5.56 Å². The molecular formula is C13H17N3O2. The Morgan fingerprint density at radius 2 is 2.33 bits per heavy atom. The predicted octanol–water partition coefficient (Wildman–Crippen LogP) is 1.13. The smallest absolute Gasteiger partial charge is 0.315 e. The van der Waals surface area contributed by atoms with E-state index in [4.69, 9.17) is 10.4 Å². The van der Waals surface area contributed by atoms with Crippen LogP contribution < -0.4 is 10.6 Å². The molecule has 0 saturated carbocycles. The number of hydrogen-bond acceptors (Lipinski definition) is 3. The summed E-state index contributed by atoms with van der Waals surface area (Å²) in [5.74, 6) is 0. The van der Waals surface area contributed by atoms with Crippen LogP contribution in [0, 0.1) is 11.3 Å². The summed E-state index contributed by atoms with van der Waals surface area (Å²) in [5, 5.41) is 22.9. The molecule has 5 heteroatoms. The number of rotatable bonds is 5. The summed E-state index contributed by atoms with van der Waals surface area (Å²) in [7, 11) is 0. The van der Waals surface area contributed by atoms with E-state index in [1.54, 1.807) is 18.2 Å². The van der Waals surface area contributed by atoms with E-state index in [2.05, 4.69) is 10.6 Å². The number of carbonyl (C=O) groups excluding carboxylic acids is 1. The predicted molar refractivity (Wildman–Crippen MR) is 67.7 cm³/mol. The van der Waals surface area contributed by atoms with Crippen molar-refractivity contribution < 1.29 is 9.90 Å². The van der Waals surface area contributed by atoms with Crippen LogP contribution in [-0.4, -0.2) is 23.8 Å². The number of benzene rings is 1. The third kappa shape index (κ3) is 4.85. The van der Waals surface area contributed by atoms with Crippen LogP contribution in [0.3, 0.4) is 0 Å². The lowest BCUT2D eigenvalue weighted by atomic mass is 10.1. The molecule has 0 fully saturated rings. The van der Waals surface area contributed by atoms with Crippen LogP contribution in [-0.2, 0) is 6.54 Å². The fourth-order valence-corrected chi connectivity index (χ4v) is 1.47. The Balaban J connectivity index is 2.40. The number of carbonyl (C=O) groups is 1. The first-order valence-corrected chi connectivity index (χ1v) is 5.80. The Bertz CT molecular complexity index is 440. The highest BCUT2D eigenvalue weighted by atomic mass is 16.3. The lowest BCUT2D eigenvalue weighted by Gasteiger charge is -2.13. The van der Waals surface area contributed by atoms with Crippen LogP contribution in [0.15, 0.2) is 24.3 Å². The molecule has 1 atom stereocenters. The van der Waals surface area contributed by atoms with E-state index in [-0.39, 0.29) is 18.7 Å². The van der Waals surface area contributed by atoms with Crippen LogP contribution >= 0.6 is 0 Å². The zero-order chi connectivity index (χ0) is 13.4. The second-order valence-electron chi connectivity index (χ2n) is 4.05. The second kappa shape index (κ2) is 7.30. The average molecular weight is 247 g/mol. The van der Waals surface area contributed by atoms with Gasteiger partial charge in [-0.15, -0.1) is 0 Å². The number of nitriles is 1. The molecule has 0 aromatic heterocycles. The topological polar surface area (TPSA) is 85.2 Å². The number of nitrogens with zero attached hydrogens (tertiary/aromatic N) is 1. The molecular weight excluding hydrogens is 230 g/mol. The van der Waals surface area contributed by atoms with Gasteiger partial charge in [-0.1, -0.05) is 12.1 Å². The van der Waals surface area contributed by atoms with Crippen molar-refractivity contribution >= 4 is 6.03 Å². The Morgan fingerprint density at radius 3 is 3.00 bits per heavy atom. The minimum absolute atomic E-state index is 0.0473. The number of aliphatic hydroxyl groups is 1. The maximum absolute atomic E-state index is 11.5. The highest BCUT2D eigenvalue weighted by Crippen LogP contribution is 2.03. The van der Waals surface area contributed by atoms with Gasteiger partial charge >= 0.3 is 6.03 Å². The molecule has 0 aliphatic rings. The molecule has 96 valence electrons. The molecule has 3 N–H and O–H groups in total. The molecule has 0 unspecified atom stereocenters. The van der Waals surface area contributed by atoms with Crippen molar-refractivity contribution in [3.63, 3.8) is 0 Å². The normalized spacial score (nSPS) is 11.4. The Labute approximate surface area is 106 Å². The first-order chi connectivity index (χ1) is 8.65. The standard InChI is InChI=1S/C13H17N3O2/c1-10(5-6-17)16-13(18)15-9-12-4-2-3-11(7-12)8-14/h2-4,7,10,17H,5-6,9H2,1H3,(H2,15,16,18)/t10-/m1/s1. The molecule has 0 heterocycles. The first-order valence-electron chi connectivity index (χ1n) is 5.80. The molecule has 1 aromatic carbocycles. The summed E-state index contributed by atoms with van der Waals surface area (Å²) in [6.07, 6.45) is 0.525. The number of urea groups is 1. The molecule has 0 radical (unpaired) electrons. The van der Waals surface area contributed by atoms with E-state index < -0.39 is 0 Å². The molecule has 0 bridgehead atoms. The molecule has 1 aromatic rings. The summed E-state index contributed by atoms with van der Waals surface area (Å²) >= 11 is 0. The van der Waals surface area contributed by atoms with Gasteiger partial charge in [-0.05, 0) is 31.0 Å².